The second-order valence-electron chi connectivity index (χ2n) is 7.62. The summed E-state index contributed by atoms with van der Waals surface area (Å²) < 4.78 is 18.0. The lowest BCUT2D eigenvalue weighted by atomic mass is 10.0. The highest BCUT2D eigenvalue weighted by Gasteiger charge is 2.19. The molecule has 0 spiro atoms. The van der Waals surface area contributed by atoms with Crippen LogP contribution >= 0.6 is 15.9 Å². The summed E-state index contributed by atoms with van der Waals surface area (Å²) in [6.07, 6.45) is 3.71. The number of aryl methyl sites for hydroxylation is 1. The van der Waals surface area contributed by atoms with E-state index in [-0.39, 0.29) is 18.1 Å². The number of Topliss-reactive ketones (excluding diaryl/α,β-unsaturated/α-hetero) is 1. The minimum absolute atomic E-state index is 0.0648. The third-order valence-electron chi connectivity index (χ3n) is 4.89. The van der Waals surface area contributed by atoms with Gasteiger partial charge in [-0.3, -0.25) is 4.79 Å². The highest BCUT2D eigenvalue weighted by Crippen LogP contribution is 2.35. The van der Waals surface area contributed by atoms with Gasteiger partial charge in [0.1, 0.15) is 11.5 Å². The minimum atomic E-state index is -1.08. The van der Waals surface area contributed by atoms with Gasteiger partial charge in [-0.2, -0.15) is 0 Å². The molecule has 0 saturated carbocycles. The average molecular weight is 523 g/mol. The topological polar surface area (TPSA) is 102 Å². The van der Waals surface area contributed by atoms with Gasteiger partial charge < -0.3 is 24.4 Å². The van der Waals surface area contributed by atoms with E-state index < -0.39 is 12.6 Å². The van der Waals surface area contributed by atoms with Crippen molar-refractivity contribution in [2.24, 2.45) is 0 Å². The first kappa shape index (κ1) is 26.5. The highest BCUT2D eigenvalue weighted by molar-refractivity contribution is 9.10. The number of halogens is 1. The summed E-state index contributed by atoms with van der Waals surface area (Å²) in [5.41, 5.74) is 2.17. The first-order valence-electron chi connectivity index (χ1n) is 11.1. The summed E-state index contributed by atoms with van der Waals surface area (Å²) in [4.78, 5) is 23.1. The van der Waals surface area contributed by atoms with Crippen molar-refractivity contribution in [3.63, 3.8) is 0 Å². The molecule has 33 heavy (non-hydrogen) atoms. The predicted octanol–water partition coefficient (Wildman–Crippen LogP) is 5.57. The molecule has 0 bridgehead atoms. The molecule has 0 amide bonds. The number of hydrogen-bond acceptors (Lipinski definition) is 6. The Morgan fingerprint density at radius 1 is 0.970 bits per heavy atom. The van der Waals surface area contributed by atoms with Crippen molar-refractivity contribution in [2.75, 3.05) is 19.8 Å². The molecule has 0 aliphatic rings. The molecule has 2 rings (SSSR count). The molecule has 0 radical (unpaired) electrons. The lowest BCUT2D eigenvalue weighted by Gasteiger charge is -2.18. The normalized spacial score (nSPS) is 10.7. The van der Waals surface area contributed by atoms with E-state index in [1.807, 2.05) is 13.0 Å². The Hall–Kier alpha value is -2.74. The summed E-state index contributed by atoms with van der Waals surface area (Å²) in [5.74, 6) is 0.0807. The number of carbonyl (C=O) groups excluding carboxylic acids is 1. The molecule has 0 aromatic heterocycles. The van der Waals surface area contributed by atoms with Gasteiger partial charge in [0.05, 0.1) is 18.8 Å². The molecule has 0 unspecified atom stereocenters. The van der Waals surface area contributed by atoms with E-state index in [0.29, 0.717) is 47.8 Å². The van der Waals surface area contributed by atoms with Crippen molar-refractivity contribution in [1.82, 2.24) is 0 Å². The van der Waals surface area contributed by atoms with Crippen molar-refractivity contribution in [1.29, 1.82) is 0 Å². The van der Waals surface area contributed by atoms with Gasteiger partial charge in [0, 0.05) is 16.5 Å². The number of phenolic OH excluding ortho intramolecular Hbond substituents is 1. The second-order valence-corrected chi connectivity index (χ2v) is 8.47. The number of hydrogen-bond donors (Lipinski definition) is 2. The van der Waals surface area contributed by atoms with Gasteiger partial charge in [0.2, 0.25) is 0 Å². The number of ketones is 1. The number of aromatic hydroxyl groups is 1. The monoisotopic (exact) mass is 522 g/mol. The number of carboxylic acid groups (broad SMARTS) is 1. The van der Waals surface area contributed by atoms with Crippen LogP contribution in [-0.4, -0.2) is 41.8 Å². The van der Waals surface area contributed by atoms with Gasteiger partial charge in [0.15, 0.2) is 23.9 Å². The molecule has 0 atom stereocenters. The maximum absolute atomic E-state index is 12.2. The van der Waals surface area contributed by atoms with Crippen LogP contribution in [0.2, 0.25) is 0 Å². The predicted molar refractivity (Wildman–Crippen MR) is 129 cm³/mol. The van der Waals surface area contributed by atoms with Crippen LogP contribution in [0.4, 0.5) is 0 Å². The smallest absolute Gasteiger partial charge is 0.341 e. The van der Waals surface area contributed by atoms with Gasteiger partial charge in [-0.25, -0.2) is 4.79 Å². The molecule has 0 saturated heterocycles. The molecule has 8 heteroatoms. The molecule has 2 aromatic carbocycles. The Bertz CT molecular complexity index is 972. The summed E-state index contributed by atoms with van der Waals surface area (Å²) in [6, 6.07) is 6.68. The fourth-order valence-electron chi connectivity index (χ4n) is 3.39. The fourth-order valence-corrected chi connectivity index (χ4v) is 3.92. The maximum Gasteiger partial charge on any atom is 0.341 e. The largest absolute Gasteiger partial charge is 0.504 e. The molecule has 180 valence electrons. The molecule has 0 aliphatic heterocycles. The van der Waals surface area contributed by atoms with Crippen LogP contribution in [0.15, 0.2) is 28.7 Å². The molecule has 2 N–H and O–H groups in total. The summed E-state index contributed by atoms with van der Waals surface area (Å²) in [6.45, 7) is 5.65. The first-order valence-corrected chi connectivity index (χ1v) is 11.9. The van der Waals surface area contributed by atoms with Crippen molar-refractivity contribution in [3.8, 4) is 23.0 Å². The Labute approximate surface area is 202 Å². The van der Waals surface area contributed by atoms with Crippen LogP contribution in [0.1, 0.15) is 61.5 Å². The zero-order chi connectivity index (χ0) is 24.4. The zero-order valence-corrected chi connectivity index (χ0v) is 20.9. The Kier molecular flexibility index (Phi) is 10.5. The summed E-state index contributed by atoms with van der Waals surface area (Å²) >= 11 is 3.46. The van der Waals surface area contributed by atoms with Gasteiger partial charge in [-0.1, -0.05) is 42.6 Å². The van der Waals surface area contributed by atoms with Crippen molar-refractivity contribution in [3.05, 3.63) is 45.4 Å². The Morgan fingerprint density at radius 2 is 1.67 bits per heavy atom. The van der Waals surface area contributed by atoms with Crippen LogP contribution < -0.4 is 14.2 Å². The quantitative estimate of drug-likeness (QED) is 0.246. The number of carboxylic acids is 1. The lowest BCUT2D eigenvalue weighted by molar-refractivity contribution is -0.139. The van der Waals surface area contributed by atoms with Gasteiger partial charge >= 0.3 is 5.97 Å². The van der Waals surface area contributed by atoms with Crippen molar-refractivity contribution < 1.29 is 34.0 Å². The molecule has 0 heterocycles. The number of ether oxygens (including phenoxy) is 3. The average Bonchev–Trinajstić information content (AvgIpc) is 2.76. The van der Waals surface area contributed by atoms with E-state index >= 15 is 0 Å². The van der Waals surface area contributed by atoms with Crippen LogP contribution in [-0.2, 0) is 17.6 Å². The van der Waals surface area contributed by atoms with Crippen LogP contribution in [0.3, 0.4) is 0 Å². The van der Waals surface area contributed by atoms with E-state index in [9.17, 15) is 14.7 Å². The number of benzene rings is 2. The number of phenols is 1. The lowest BCUT2D eigenvalue weighted by Crippen LogP contribution is -2.13. The van der Waals surface area contributed by atoms with Crippen LogP contribution in [0.5, 0.6) is 23.0 Å². The van der Waals surface area contributed by atoms with Gasteiger partial charge in [-0.05, 0) is 49.6 Å². The minimum Gasteiger partial charge on any atom is -0.504 e. The maximum atomic E-state index is 12.2. The van der Waals surface area contributed by atoms with E-state index in [4.69, 9.17) is 19.3 Å². The summed E-state index contributed by atoms with van der Waals surface area (Å²) in [7, 11) is 0. The van der Waals surface area contributed by atoms with Gasteiger partial charge in [-0.15, -0.1) is 0 Å². The van der Waals surface area contributed by atoms with Crippen molar-refractivity contribution >= 4 is 27.7 Å². The molecule has 2 aromatic rings. The Morgan fingerprint density at radius 3 is 2.30 bits per heavy atom. The molecular formula is C25H31BrO7. The molecular weight excluding hydrogens is 492 g/mol. The molecule has 7 nitrogen and oxygen atoms in total. The SMILES string of the molecule is CCCc1cc(OCCCOc2c(C(C)=O)ccc(OCC(=O)O)c2CCC)c(O)cc1Br. The number of rotatable bonds is 14. The van der Waals surface area contributed by atoms with Crippen LogP contribution in [0.25, 0.3) is 0 Å². The standard InChI is InChI=1S/C25H31BrO7/c1-4-7-17-13-23(21(28)14-20(17)26)31-11-6-12-32-25-18(16(3)27)9-10-22(19(25)8-5-2)33-15-24(29)30/h9-10,13-14,28H,4-8,11-12,15H2,1-3H3,(H,29,30). The molecule has 0 fully saturated rings. The van der Waals surface area contributed by atoms with E-state index in [0.717, 1.165) is 29.3 Å². The highest BCUT2D eigenvalue weighted by atomic mass is 79.9. The first-order chi connectivity index (χ1) is 15.8. The van der Waals surface area contributed by atoms with E-state index in [1.165, 1.54) is 6.92 Å². The van der Waals surface area contributed by atoms with E-state index in [2.05, 4.69) is 22.9 Å². The Balaban J connectivity index is 2.09. The van der Waals surface area contributed by atoms with Gasteiger partial charge in [0.25, 0.3) is 0 Å². The van der Waals surface area contributed by atoms with Crippen LogP contribution in [0, 0.1) is 0 Å². The number of carbonyl (C=O) groups is 2. The second kappa shape index (κ2) is 13.1. The fraction of sp³-hybridized carbons (Fsp3) is 0.440. The van der Waals surface area contributed by atoms with Crippen molar-refractivity contribution in [2.45, 2.75) is 52.9 Å². The van der Waals surface area contributed by atoms with E-state index in [1.54, 1.807) is 18.2 Å². The third kappa shape index (κ3) is 7.67. The zero-order valence-electron chi connectivity index (χ0n) is 19.3. The molecule has 0 aliphatic carbocycles. The number of aliphatic carboxylic acids is 1. The summed E-state index contributed by atoms with van der Waals surface area (Å²) in [5, 5.41) is 19.1. The third-order valence-corrected chi connectivity index (χ3v) is 5.63.